The highest BCUT2D eigenvalue weighted by Gasteiger charge is 2.29. The largest absolute Gasteiger partial charge is 0.349 e. The van der Waals surface area contributed by atoms with Gasteiger partial charge in [-0.2, -0.15) is 5.10 Å². The first-order chi connectivity index (χ1) is 9.65. The first-order valence-electron chi connectivity index (χ1n) is 7.72. The summed E-state index contributed by atoms with van der Waals surface area (Å²) in [6, 6.07) is 0.331. The van der Waals surface area contributed by atoms with Gasteiger partial charge in [-0.25, -0.2) is 0 Å². The Labute approximate surface area is 119 Å². The summed E-state index contributed by atoms with van der Waals surface area (Å²) in [4.78, 5) is 12.4. The Kier molecular flexibility index (Phi) is 3.78. The van der Waals surface area contributed by atoms with E-state index >= 15 is 0 Å². The summed E-state index contributed by atoms with van der Waals surface area (Å²) in [7, 11) is 1.98. The van der Waals surface area contributed by atoms with Crippen molar-refractivity contribution in [2.24, 2.45) is 18.7 Å². The second-order valence-electron chi connectivity index (χ2n) is 6.25. The van der Waals surface area contributed by atoms with Crippen LogP contribution in [0.3, 0.4) is 0 Å². The molecule has 1 heterocycles. The summed E-state index contributed by atoms with van der Waals surface area (Å²) in [6.07, 6.45) is 9.04. The minimum Gasteiger partial charge on any atom is -0.349 e. The predicted molar refractivity (Wildman–Crippen MR) is 77.0 cm³/mol. The number of amides is 1. The van der Waals surface area contributed by atoms with Gasteiger partial charge >= 0.3 is 0 Å². The van der Waals surface area contributed by atoms with Crippen molar-refractivity contribution in [2.75, 3.05) is 0 Å². The van der Waals surface area contributed by atoms with Gasteiger partial charge in [0.1, 0.15) is 0 Å². The fourth-order valence-electron chi connectivity index (χ4n) is 3.61. The lowest BCUT2D eigenvalue weighted by Gasteiger charge is -2.29. The van der Waals surface area contributed by atoms with E-state index in [2.05, 4.69) is 10.4 Å². The van der Waals surface area contributed by atoms with Crippen LogP contribution in [0, 0.1) is 5.92 Å². The van der Waals surface area contributed by atoms with Crippen molar-refractivity contribution in [1.82, 2.24) is 15.1 Å². The number of carbonyl (C=O) groups excluding carboxylic acids is 1. The Morgan fingerprint density at radius 3 is 3.05 bits per heavy atom. The van der Waals surface area contributed by atoms with Crippen LogP contribution in [0.1, 0.15) is 55.8 Å². The average Bonchev–Trinajstić information content (AvgIpc) is 2.82. The molecule has 20 heavy (non-hydrogen) atoms. The van der Waals surface area contributed by atoms with Crippen molar-refractivity contribution in [1.29, 1.82) is 0 Å². The zero-order valence-corrected chi connectivity index (χ0v) is 12.1. The van der Waals surface area contributed by atoms with E-state index in [1.54, 1.807) is 0 Å². The molecule has 110 valence electrons. The van der Waals surface area contributed by atoms with Gasteiger partial charge in [-0.3, -0.25) is 9.48 Å². The van der Waals surface area contributed by atoms with Crippen molar-refractivity contribution in [3.05, 3.63) is 17.5 Å². The number of rotatable bonds is 2. The standard InChI is InChI=1S/C15H24N4O/c1-19-14-7-3-6-13(12(14)9-17-19)18-15(20)10-4-2-5-11(16)8-10/h9-11,13H,2-8,16H2,1H3,(H,18,20). The second-order valence-corrected chi connectivity index (χ2v) is 6.25. The number of aromatic nitrogens is 2. The van der Waals surface area contributed by atoms with Gasteiger partial charge in [-0.05, 0) is 38.5 Å². The molecule has 0 aromatic carbocycles. The van der Waals surface area contributed by atoms with E-state index in [0.29, 0.717) is 0 Å². The smallest absolute Gasteiger partial charge is 0.223 e. The molecule has 3 unspecified atom stereocenters. The molecule has 0 aliphatic heterocycles. The molecule has 1 aromatic heterocycles. The van der Waals surface area contributed by atoms with E-state index in [-0.39, 0.29) is 23.9 Å². The first-order valence-corrected chi connectivity index (χ1v) is 7.72. The van der Waals surface area contributed by atoms with Gasteiger partial charge in [0.2, 0.25) is 5.91 Å². The highest BCUT2D eigenvalue weighted by Crippen LogP contribution is 2.30. The topological polar surface area (TPSA) is 72.9 Å². The van der Waals surface area contributed by atoms with Gasteiger partial charge in [0.05, 0.1) is 12.2 Å². The molecular formula is C15H24N4O. The zero-order chi connectivity index (χ0) is 14.1. The summed E-state index contributed by atoms with van der Waals surface area (Å²) in [5, 5.41) is 7.56. The van der Waals surface area contributed by atoms with E-state index in [0.717, 1.165) is 44.9 Å². The molecule has 0 spiro atoms. The van der Waals surface area contributed by atoms with E-state index in [1.807, 2.05) is 17.9 Å². The van der Waals surface area contributed by atoms with Crippen LogP contribution >= 0.6 is 0 Å². The van der Waals surface area contributed by atoms with Gasteiger partial charge in [-0.1, -0.05) is 6.42 Å². The molecule has 0 bridgehead atoms. The third-order valence-electron chi connectivity index (χ3n) is 4.78. The van der Waals surface area contributed by atoms with Crippen molar-refractivity contribution < 1.29 is 4.79 Å². The van der Waals surface area contributed by atoms with Crippen molar-refractivity contribution in [3.63, 3.8) is 0 Å². The van der Waals surface area contributed by atoms with Gasteiger partial charge < -0.3 is 11.1 Å². The number of hydrogen-bond donors (Lipinski definition) is 2. The number of nitrogens with one attached hydrogen (secondary N) is 1. The first kappa shape index (κ1) is 13.6. The number of aryl methyl sites for hydroxylation is 1. The van der Waals surface area contributed by atoms with Crippen LogP contribution in [0.25, 0.3) is 0 Å². The SMILES string of the molecule is Cn1ncc2c1CCCC2NC(=O)C1CCCC(N)C1. The molecule has 3 N–H and O–H groups in total. The fraction of sp³-hybridized carbons (Fsp3) is 0.733. The number of carbonyl (C=O) groups is 1. The maximum atomic E-state index is 12.4. The highest BCUT2D eigenvalue weighted by molar-refractivity contribution is 5.79. The summed E-state index contributed by atoms with van der Waals surface area (Å²) < 4.78 is 1.93. The molecule has 1 saturated carbocycles. The van der Waals surface area contributed by atoms with Gasteiger partial charge in [0.25, 0.3) is 0 Å². The Bertz CT molecular complexity index is 496. The molecule has 3 rings (SSSR count). The minimum absolute atomic E-state index is 0.0980. The third kappa shape index (κ3) is 2.59. The van der Waals surface area contributed by atoms with Crippen molar-refractivity contribution >= 4 is 5.91 Å². The lowest BCUT2D eigenvalue weighted by Crippen LogP contribution is -2.40. The Balaban J connectivity index is 1.67. The Morgan fingerprint density at radius 2 is 2.25 bits per heavy atom. The van der Waals surface area contributed by atoms with E-state index in [4.69, 9.17) is 5.73 Å². The maximum Gasteiger partial charge on any atom is 0.223 e. The number of fused-ring (bicyclic) bond motifs is 1. The lowest BCUT2D eigenvalue weighted by atomic mass is 9.85. The summed E-state index contributed by atoms with van der Waals surface area (Å²) in [6.45, 7) is 0. The van der Waals surface area contributed by atoms with E-state index < -0.39 is 0 Å². The van der Waals surface area contributed by atoms with Crippen LogP contribution < -0.4 is 11.1 Å². The number of nitrogens with two attached hydrogens (primary N) is 1. The molecular weight excluding hydrogens is 252 g/mol. The molecule has 1 amide bonds. The molecule has 1 aromatic rings. The number of nitrogens with zero attached hydrogens (tertiary/aromatic N) is 2. The second kappa shape index (κ2) is 5.56. The van der Waals surface area contributed by atoms with Crippen molar-refractivity contribution in [3.8, 4) is 0 Å². The van der Waals surface area contributed by atoms with E-state index in [1.165, 1.54) is 11.3 Å². The summed E-state index contributed by atoms with van der Waals surface area (Å²) >= 11 is 0. The predicted octanol–water partition coefficient (Wildman–Crippen LogP) is 1.43. The molecule has 0 radical (unpaired) electrons. The van der Waals surface area contributed by atoms with Crippen LogP contribution in [0.15, 0.2) is 6.20 Å². The Hall–Kier alpha value is -1.36. The monoisotopic (exact) mass is 276 g/mol. The highest BCUT2D eigenvalue weighted by atomic mass is 16.1. The molecule has 2 aliphatic carbocycles. The molecule has 0 saturated heterocycles. The lowest BCUT2D eigenvalue weighted by molar-refractivity contribution is -0.127. The van der Waals surface area contributed by atoms with Crippen LogP contribution in [0.2, 0.25) is 0 Å². The minimum atomic E-state index is 0.0980. The summed E-state index contributed by atoms with van der Waals surface area (Å²) in [5.41, 5.74) is 8.45. The fourth-order valence-corrected chi connectivity index (χ4v) is 3.61. The molecule has 2 aliphatic rings. The third-order valence-corrected chi connectivity index (χ3v) is 4.78. The zero-order valence-electron chi connectivity index (χ0n) is 12.1. The molecule has 5 heteroatoms. The van der Waals surface area contributed by atoms with Crippen LogP contribution in [-0.4, -0.2) is 21.7 Å². The van der Waals surface area contributed by atoms with Gasteiger partial charge in [-0.15, -0.1) is 0 Å². The molecule has 3 atom stereocenters. The molecule has 1 fully saturated rings. The average molecular weight is 276 g/mol. The van der Waals surface area contributed by atoms with Crippen LogP contribution in [0.4, 0.5) is 0 Å². The van der Waals surface area contributed by atoms with E-state index in [9.17, 15) is 4.79 Å². The summed E-state index contributed by atoms with van der Waals surface area (Å²) in [5.74, 6) is 0.280. The van der Waals surface area contributed by atoms with Crippen LogP contribution in [-0.2, 0) is 18.3 Å². The molecule has 5 nitrogen and oxygen atoms in total. The van der Waals surface area contributed by atoms with Gasteiger partial charge in [0.15, 0.2) is 0 Å². The van der Waals surface area contributed by atoms with Crippen molar-refractivity contribution in [2.45, 2.75) is 57.0 Å². The maximum absolute atomic E-state index is 12.4. The normalized spacial score (nSPS) is 29.8. The quantitative estimate of drug-likeness (QED) is 0.858. The van der Waals surface area contributed by atoms with Gasteiger partial charge in [0, 0.05) is 30.3 Å². The Morgan fingerprint density at radius 1 is 1.40 bits per heavy atom. The number of hydrogen-bond acceptors (Lipinski definition) is 3. The van der Waals surface area contributed by atoms with Crippen LogP contribution in [0.5, 0.6) is 0 Å².